The molecule has 0 aliphatic carbocycles. The second-order valence-corrected chi connectivity index (χ2v) is 6.55. The zero-order valence-corrected chi connectivity index (χ0v) is 16.1. The highest BCUT2D eigenvalue weighted by molar-refractivity contribution is 5.95. The molecule has 1 unspecified atom stereocenters. The van der Waals surface area contributed by atoms with E-state index < -0.39 is 0 Å². The van der Waals surface area contributed by atoms with Crippen LogP contribution < -0.4 is 15.8 Å². The predicted molar refractivity (Wildman–Crippen MR) is 108 cm³/mol. The van der Waals surface area contributed by atoms with Crippen molar-refractivity contribution in [2.24, 2.45) is 0 Å². The number of carbonyl (C=O) groups excluding carboxylic acids is 1. The summed E-state index contributed by atoms with van der Waals surface area (Å²) in [7, 11) is 1.55. The second-order valence-electron chi connectivity index (χ2n) is 6.55. The number of piperidine rings is 1. The van der Waals surface area contributed by atoms with Crippen LogP contribution in [0.2, 0.25) is 0 Å². The van der Waals surface area contributed by atoms with Gasteiger partial charge in [0.1, 0.15) is 11.6 Å². The Morgan fingerprint density at radius 2 is 2.00 bits per heavy atom. The molecule has 27 heavy (non-hydrogen) atoms. The van der Waals surface area contributed by atoms with E-state index in [0.29, 0.717) is 23.7 Å². The third kappa shape index (κ3) is 5.34. The summed E-state index contributed by atoms with van der Waals surface area (Å²) in [5.41, 5.74) is 8.05. The van der Waals surface area contributed by atoms with Crippen molar-refractivity contribution in [2.45, 2.75) is 31.8 Å². The molecule has 0 spiro atoms. The minimum absolute atomic E-state index is 0. The number of nitrogens with two attached hydrogens (primary N) is 1. The molecule has 5 nitrogen and oxygen atoms in total. The zero-order chi connectivity index (χ0) is 18.5. The second kappa shape index (κ2) is 9.58. The van der Waals surface area contributed by atoms with Crippen molar-refractivity contribution in [3.63, 3.8) is 0 Å². The van der Waals surface area contributed by atoms with E-state index in [9.17, 15) is 9.18 Å². The fourth-order valence-electron chi connectivity index (χ4n) is 3.34. The van der Waals surface area contributed by atoms with Crippen LogP contribution in [0.1, 0.15) is 24.8 Å². The molecule has 0 aromatic heterocycles. The van der Waals surface area contributed by atoms with Gasteiger partial charge in [0, 0.05) is 12.2 Å². The molecule has 1 amide bonds. The number of benzene rings is 2. The van der Waals surface area contributed by atoms with Crippen molar-refractivity contribution in [3.8, 4) is 5.75 Å². The standard InChI is InChI=1S/C20H24FN3O2.ClH/c1-26-19-10-9-16(12-17(19)22)23-20(25)18-4-2-3-11-24(18)13-14-5-7-15(21)8-6-14;/h5-10,12,18H,2-4,11,13,22H2,1H3,(H,23,25);1H. The van der Waals surface area contributed by atoms with Gasteiger partial charge >= 0.3 is 0 Å². The van der Waals surface area contributed by atoms with E-state index in [4.69, 9.17) is 10.5 Å². The molecule has 2 aromatic carbocycles. The van der Waals surface area contributed by atoms with E-state index in [1.165, 1.54) is 12.1 Å². The van der Waals surface area contributed by atoms with Crippen LogP contribution in [0.4, 0.5) is 15.8 Å². The van der Waals surface area contributed by atoms with Gasteiger partial charge in [0.15, 0.2) is 0 Å². The molecule has 1 heterocycles. The predicted octanol–water partition coefficient (Wildman–Crippen LogP) is 3.83. The number of rotatable bonds is 5. The van der Waals surface area contributed by atoms with E-state index in [2.05, 4.69) is 10.2 Å². The van der Waals surface area contributed by atoms with E-state index in [1.54, 1.807) is 37.4 Å². The fourth-order valence-corrected chi connectivity index (χ4v) is 3.34. The molecule has 7 heteroatoms. The number of ether oxygens (including phenoxy) is 1. The lowest BCUT2D eigenvalue weighted by Crippen LogP contribution is -2.46. The maximum absolute atomic E-state index is 13.1. The van der Waals surface area contributed by atoms with Crippen molar-refractivity contribution in [1.82, 2.24) is 4.90 Å². The first-order valence-electron chi connectivity index (χ1n) is 8.79. The maximum atomic E-state index is 13.1. The molecule has 1 atom stereocenters. The number of nitrogen functional groups attached to an aromatic ring is 1. The summed E-state index contributed by atoms with van der Waals surface area (Å²) >= 11 is 0. The largest absolute Gasteiger partial charge is 0.495 e. The van der Waals surface area contributed by atoms with Crippen molar-refractivity contribution >= 4 is 29.7 Å². The Bertz CT molecular complexity index is 770. The topological polar surface area (TPSA) is 67.6 Å². The molecule has 0 radical (unpaired) electrons. The number of nitrogens with zero attached hydrogens (tertiary/aromatic N) is 1. The Morgan fingerprint density at radius 1 is 1.26 bits per heavy atom. The Morgan fingerprint density at radius 3 is 2.67 bits per heavy atom. The van der Waals surface area contributed by atoms with Crippen LogP contribution in [0.3, 0.4) is 0 Å². The number of carbonyl (C=O) groups is 1. The van der Waals surface area contributed by atoms with Gasteiger partial charge in [-0.3, -0.25) is 9.69 Å². The highest BCUT2D eigenvalue weighted by atomic mass is 35.5. The number of halogens is 2. The van der Waals surface area contributed by atoms with Gasteiger partial charge in [-0.1, -0.05) is 18.6 Å². The average molecular weight is 394 g/mol. The Hall–Kier alpha value is -2.31. The highest BCUT2D eigenvalue weighted by Crippen LogP contribution is 2.26. The van der Waals surface area contributed by atoms with Crippen LogP contribution in [0, 0.1) is 5.82 Å². The van der Waals surface area contributed by atoms with Crippen LogP contribution in [0.15, 0.2) is 42.5 Å². The smallest absolute Gasteiger partial charge is 0.241 e. The minimum atomic E-state index is -0.251. The lowest BCUT2D eigenvalue weighted by atomic mass is 10.00. The van der Waals surface area contributed by atoms with Crippen LogP contribution in [-0.4, -0.2) is 30.5 Å². The lowest BCUT2D eigenvalue weighted by Gasteiger charge is -2.34. The summed E-state index contributed by atoms with van der Waals surface area (Å²) in [5, 5.41) is 2.95. The fraction of sp³-hybridized carbons (Fsp3) is 0.350. The van der Waals surface area contributed by atoms with Gasteiger partial charge < -0.3 is 15.8 Å². The number of anilines is 2. The summed E-state index contributed by atoms with van der Waals surface area (Å²) in [6.07, 6.45) is 2.88. The molecule has 0 saturated carbocycles. The van der Waals surface area contributed by atoms with E-state index in [0.717, 1.165) is 31.4 Å². The number of amides is 1. The molecular formula is C20H25ClFN3O2. The normalized spacial score (nSPS) is 17.0. The first kappa shape index (κ1) is 21.0. The monoisotopic (exact) mass is 393 g/mol. The van der Waals surface area contributed by atoms with Gasteiger partial charge in [-0.25, -0.2) is 4.39 Å². The molecule has 3 rings (SSSR count). The van der Waals surface area contributed by atoms with E-state index in [1.807, 2.05) is 0 Å². The molecule has 3 N–H and O–H groups in total. The quantitative estimate of drug-likeness (QED) is 0.757. The number of nitrogens with one attached hydrogen (secondary N) is 1. The Balaban J connectivity index is 0.00000261. The van der Waals surface area contributed by atoms with Gasteiger partial charge in [0.05, 0.1) is 18.8 Å². The summed E-state index contributed by atoms with van der Waals surface area (Å²) < 4.78 is 18.2. The molecule has 1 aliphatic rings. The van der Waals surface area contributed by atoms with Crippen LogP contribution in [0.5, 0.6) is 5.75 Å². The molecule has 1 aliphatic heterocycles. The number of hydrogen-bond acceptors (Lipinski definition) is 4. The van der Waals surface area contributed by atoms with Crippen molar-refractivity contribution in [2.75, 3.05) is 24.7 Å². The first-order valence-corrected chi connectivity index (χ1v) is 8.79. The molecule has 1 fully saturated rings. The molecule has 0 bridgehead atoms. The maximum Gasteiger partial charge on any atom is 0.241 e. The third-order valence-electron chi connectivity index (χ3n) is 4.71. The van der Waals surface area contributed by atoms with Gasteiger partial charge in [-0.15, -0.1) is 12.4 Å². The summed E-state index contributed by atoms with van der Waals surface area (Å²) in [6.45, 7) is 1.48. The average Bonchev–Trinajstić information content (AvgIpc) is 2.64. The molecule has 146 valence electrons. The highest BCUT2D eigenvalue weighted by Gasteiger charge is 2.28. The van der Waals surface area contributed by atoms with Gasteiger partial charge in [0.25, 0.3) is 0 Å². The van der Waals surface area contributed by atoms with Crippen LogP contribution >= 0.6 is 12.4 Å². The number of likely N-dealkylation sites (tertiary alicyclic amines) is 1. The van der Waals surface area contributed by atoms with Gasteiger partial charge in [-0.2, -0.15) is 0 Å². The lowest BCUT2D eigenvalue weighted by molar-refractivity contribution is -0.122. The van der Waals surface area contributed by atoms with Gasteiger partial charge in [-0.05, 0) is 55.3 Å². The molecule has 2 aromatic rings. The molecular weight excluding hydrogens is 369 g/mol. The zero-order valence-electron chi connectivity index (χ0n) is 15.3. The SMILES string of the molecule is COc1ccc(NC(=O)C2CCCCN2Cc2ccc(F)cc2)cc1N.Cl. The van der Waals surface area contributed by atoms with Crippen LogP contribution in [-0.2, 0) is 11.3 Å². The van der Waals surface area contributed by atoms with Gasteiger partial charge in [0.2, 0.25) is 5.91 Å². The summed E-state index contributed by atoms with van der Waals surface area (Å²) in [5.74, 6) is 0.286. The summed E-state index contributed by atoms with van der Waals surface area (Å²) in [6, 6.07) is 11.4. The third-order valence-corrected chi connectivity index (χ3v) is 4.71. The molecule has 1 saturated heterocycles. The Kier molecular flexibility index (Phi) is 7.45. The van der Waals surface area contributed by atoms with Crippen LogP contribution in [0.25, 0.3) is 0 Å². The van der Waals surface area contributed by atoms with Crippen molar-refractivity contribution < 1.29 is 13.9 Å². The number of methoxy groups -OCH3 is 1. The van der Waals surface area contributed by atoms with Crippen molar-refractivity contribution in [1.29, 1.82) is 0 Å². The number of hydrogen-bond donors (Lipinski definition) is 2. The first-order chi connectivity index (χ1) is 12.6. The summed E-state index contributed by atoms with van der Waals surface area (Å²) in [4.78, 5) is 15.0. The van der Waals surface area contributed by atoms with E-state index >= 15 is 0 Å². The Labute approximate surface area is 165 Å². The minimum Gasteiger partial charge on any atom is -0.495 e. The van der Waals surface area contributed by atoms with Crippen molar-refractivity contribution in [3.05, 3.63) is 53.8 Å². The van der Waals surface area contributed by atoms with E-state index in [-0.39, 0.29) is 30.2 Å².